The lowest BCUT2D eigenvalue weighted by atomic mass is 9.94. The fourth-order valence-corrected chi connectivity index (χ4v) is 2.68. The van der Waals surface area contributed by atoms with Crippen molar-refractivity contribution in [2.75, 3.05) is 10.6 Å². The molecule has 4 nitrogen and oxygen atoms in total. The molecule has 1 aliphatic rings. The van der Waals surface area contributed by atoms with Crippen LogP contribution in [0.3, 0.4) is 0 Å². The molecule has 1 aliphatic carbocycles. The molecule has 0 bridgehead atoms. The molecule has 0 unspecified atom stereocenters. The number of amides is 2. The van der Waals surface area contributed by atoms with Crippen LogP contribution in [-0.2, 0) is 15.0 Å². The topological polar surface area (TPSA) is 58.2 Å². The predicted molar refractivity (Wildman–Crippen MR) is 87.1 cm³/mol. The minimum atomic E-state index is -4.98. The minimum Gasteiger partial charge on any atom is -0.325 e. The molecule has 2 aromatic carbocycles. The van der Waals surface area contributed by atoms with Gasteiger partial charge in [0, 0.05) is 16.9 Å². The first-order valence-corrected chi connectivity index (χ1v) is 7.77. The van der Waals surface area contributed by atoms with E-state index in [0.29, 0.717) is 24.1 Å². The maximum absolute atomic E-state index is 14.0. The number of benzene rings is 2. The number of hydrogen-bond acceptors (Lipinski definition) is 2. The molecule has 3 rings (SSSR count). The van der Waals surface area contributed by atoms with Crippen molar-refractivity contribution in [3.05, 3.63) is 59.9 Å². The van der Waals surface area contributed by atoms with Crippen LogP contribution in [0.1, 0.15) is 18.4 Å². The van der Waals surface area contributed by atoms with E-state index >= 15 is 0 Å². The summed E-state index contributed by atoms with van der Waals surface area (Å²) in [5.41, 5.74) is -0.316. The van der Waals surface area contributed by atoms with Crippen LogP contribution in [-0.4, -0.2) is 18.0 Å². The normalized spacial score (nSPS) is 15.2. The van der Waals surface area contributed by atoms with Crippen molar-refractivity contribution in [2.24, 2.45) is 0 Å². The smallest absolute Gasteiger partial charge is 0.325 e. The van der Waals surface area contributed by atoms with Crippen LogP contribution in [0.15, 0.2) is 48.5 Å². The lowest BCUT2D eigenvalue weighted by Gasteiger charge is -2.17. The van der Waals surface area contributed by atoms with Crippen LogP contribution in [0.4, 0.5) is 28.9 Å². The van der Waals surface area contributed by atoms with Gasteiger partial charge in [-0.2, -0.15) is 13.2 Å². The molecule has 0 aromatic heterocycles. The number of alkyl halides is 3. The number of hydrogen-bond donors (Lipinski definition) is 2. The molecule has 2 N–H and O–H groups in total. The molecule has 136 valence electrons. The van der Waals surface area contributed by atoms with Crippen LogP contribution < -0.4 is 10.6 Å². The summed E-state index contributed by atoms with van der Waals surface area (Å²) in [5, 5.41) is 4.35. The van der Waals surface area contributed by atoms with E-state index in [9.17, 15) is 27.2 Å². The van der Waals surface area contributed by atoms with Crippen LogP contribution in [0.5, 0.6) is 0 Å². The number of rotatable bonds is 4. The van der Waals surface area contributed by atoms with E-state index in [1.165, 1.54) is 30.3 Å². The molecule has 26 heavy (non-hydrogen) atoms. The van der Waals surface area contributed by atoms with Crippen molar-refractivity contribution in [3.8, 4) is 0 Å². The summed E-state index contributed by atoms with van der Waals surface area (Å²) < 4.78 is 50.6. The Hall–Kier alpha value is -2.90. The zero-order valence-corrected chi connectivity index (χ0v) is 13.4. The van der Waals surface area contributed by atoms with E-state index in [2.05, 4.69) is 5.32 Å². The summed E-state index contributed by atoms with van der Waals surface area (Å²) in [7, 11) is 0. The first kappa shape index (κ1) is 17.9. The van der Waals surface area contributed by atoms with Gasteiger partial charge in [-0.05, 0) is 43.2 Å². The monoisotopic (exact) mass is 366 g/mol. The molecular formula is C18H14F4N2O2. The van der Waals surface area contributed by atoms with Crippen LogP contribution >= 0.6 is 0 Å². The molecule has 2 aromatic rings. The summed E-state index contributed by atoms with van der Waals surface area (Å²) in [6.45, 7) is 0. The third-order valence-corrected chi connectivity index (χ3v) is 4.23. The quantitative estimate of drug-likeness (QED) is 0.804. The Morgan fingerprint density at radius 1 is 0.885 bits per heavy atom. The molecule has 0 aliphatic heterocycles. The molecule has 0 heterocycles. The van der Waals surface area contributed by atoms with Crippen molar-refractivity contribution in [1.29, 1.82) is 0 Å². The second kappa shape index (κ2) is 6.44. The first-order valence-electron chi connectivity index (χ1n) is 7.77. The molecule has 0 radical (unpaired) electrons. The SMILES string of the molecule is O=C(Nc1ccc(NC(=O)C2(c3ccccc3F)CC2)cc1)C(F)(F)F. The zero-order chi connectivity index (χ0) is 18.9. The van der Waals surface area contributed by atoms with Crippen molar-refractivity contribution in [1.82, 2.24) is 0 Å². The van der Waals surface area contributed by atoms with Gasteiger partial charge in [0.05, 0.1) is 5.41 Å². The average Bonchev–Trinajstić information content (AvgIpc) is 3.38. The van der Waals surface area contributed by atoms with E-state index in [0.717, 1.165) is 0 Å². The molecule has 0 spiro atoms. The fraction of sp³-hybridized carbons (Fsp3) is 0.222. The van der Waals surface area contributed by atoms with Gasteiger partial charge < -0.3 is 10.6 Å². The first-order chi connectivity index (χ1) is 12.2. The van der Waals surface area contributed by atoms with E-state index in [4.69, 9.17) is 0 Å². The largest absolute Gasteiger partial charge is 0.471 e. The second-order valence-corrected chi connectivity index (χ2v) is 6.05. The van der Waals surface area contributed by atoms with Gasteiger partial charge in [-0.1, -0.05) is 18.2 Å². The van der Waals surface area contributed by atoms with Crippen molar-refractivity contribution >= 4 is 23.2 Å². The molecule has 8 heteroatoms. The summed E-state index contributed by atoms with van der Waals surface area (Å²) in [6.07, 6.45) is -3.95. The van der Waals surface area contributed by atoms with Gasteiger partial charge in [-0.3, -0.25) is 9.59 Å². The zero-order valence-electron chi connectivity index (χ0n) is 13.4. The minimum absolute atomic E-state index is 0.0550. The van der Waals surface area contributed by atoms with E-state index in [1.54, 1.807) is 23.5 Å². The Morgan fingerprint density at radius 2 is 1.42 bits per heavy atom. The Balaban J connectivity index is 1.69. The third-order valence-electron chi connectivity index (χ3n) is 4.23. The van der Waals surface area contributed by atoms with Crippen LogP contribution in [0.25, 0.3) is 0 Å². The van der Waals surface area contributed by atoms with E-state index < -0.39 is 23.3 Å². The highest BCUT2D eigenvalue weighted by Gasteiger charge is 2.52. The summed E-state index contributed by atoms with van der Waals surface area (Å²) >= 11 is 0. The van der Waals surface area contributed by atoms with E-state index in [-0.39, 0.29) is 11.6 Å². The van der Waals surface area contributed by atoms with E-state index in [1.807, 2.05) is 0 Å². The van der Waals surface area contributed by atoms with Crippen LogP contribution in [0, 0.1) is 5.82 Å². The maximum Gasteiger partial charge on any atom is 0.471 e. The third kappa shape index (κ3) is 3.54. The van der Waals surface area contributed by atoms with Gasteiger partial charge in [-0.25, -0.2) is 4.39 Å². The lowest BCUT2D eigenvalue weighted by Crippen LogP contribution is -2.30. The van der Waals surface area contributed by atoms with Gasteiger partial charge in [0.2, 0.25) is 5.91 Å². The van der Waals surface area contributed by atoms with Crippen molar-refractivity contribution < 1.29 is 27.2 Å². The average molecular weight is 366 g/mol. The highest BCUT2D eigenvalue weighted by Crippen LogP contribution is 2.49. The predicted octanol–water partition coefficient (Wildman–Crippen LogP) is 4.00. The van der Waals surface area contributed by atoms with Gasteiger partial charge in [0.15, 0.2) is 0 Å². The van der Waals surface area contributed by atoms with Gasteiger partial charge in [0.1, 0.15) is 5.82 Å². The number of halogens is 4. The summed E-state index contributed by atoms with van der Waals surface area (Å²) in [6, 6.07) is 11.3. The highest BCUT2D eigenvalue weighted by atomic mass is 19.4. The van der Waals surface area contributed by atoms with Crippen molar-refractivity contribution in [3.63, 3.8) is 0 Å². The van der Waals surface area contributed by atoms with Crippen molar-refractivity contribution in [2.45, 2.75) is 24.4 Å². The Labute approximate surface area is 146 Å². The molecule has 0 atom stereocenters. The van der Waals surface area contributed by atoms with Gasteiger partial charge in [-0.15, -0.1) is 0 Å². The maximum atomic E-state index is 14.0. The van der Waals surface area contributed by atoms with Gasteiger partial charge in [0.25, 0.3) is 0 Å². The number of carbonyl (C=O) groups is 2. The Bertz CT molecular complexity index is 843. The number of anilines is 2. The molecule has 1 fully saturated rings. The summed E-state index contributed by atoms with van der Waals surface area (Å²) in [5.74, 6) is -2.91. The van der Waals surface area contributed by atoms with Crippen LogP contribution in [0.2, 0.25) is 0 Å². The Morgan fingerprint density at radius 3 is 1.92 bits per heavy atom. The second-order valence-electron chi connectivity index (χ2n) is 6.05. The Kier molecular flexibility index (Phi) is 4.43. The molecule has 1 saturated carbocycles. The molecule has 2 amide bonds. The summed E-state index contributed by atoms with van der Waals surface area (Å²) in [4.78, 5) is 23.4. The number of carbonyl (C=O) groups excluding carboxylic acids is 2. The standard InChI is InChI=1S/C18H14F4N2O2/c19-14-4-2-1-3-13(14)17(9-10-17)15(25)23-11-5-7-12(8-6-11)24-16(26)18(20,21)22/h1-8H,9-10H2,(H,23,25)(H,24,26). The number of nitrogens with one attached hydrogen (secondary N) is 2. The lowest BCUT2D eigenvalue weighted by molar-refractivity contribution is -0.167. The molecular weight excluding hydrogens is 352 g/mol. The fourth-order valence-electron chi connectivity index (χ4n) is 2.68. The van der Waals surface area contributed by atoms with Gasteiger partial charge >= 0.3 is 12.1 Å². The molecule has 0 saturated heterocycles. The highest BCUT2D eigenvalue weighted by molar-refractivity contribution is 6.01.